The first-order valence-electron chi connectivity index (χ1n) is 5.46. The Morgan fingerprint density at radius 1 is 1.37 bits per heavy atom. The van der Waals surface area contributed by atoms with Crippen molar-refractivity contribution >= 4 is 37.7 Å². The van der Waals surface area contributed by atoms with Crippen LogP contribution in [0.1, 0.15) is 5.69 Å². The van der Waals surface area contributed by atoms with Gasteiger partial charge in [-0.1, -0.05) is 6.07 Å². The molecule has 6 nitrogen and oxygen atoms in total. The summed E-state index contributed by atoms with van der Waals surface area (Å²) in [7, 11) is -3.38. The molecule has 9 heteroatoms. The minimum absolute atomic E-state index is 0.340. The van der Waals surface area contributed by atoms with E-state index in [1.165, 1.54) is 22.7 Å². The molecule has 1 N–H and O–H groups in total. The lowest BCUT2D eigenvalue weighted by atomic mass is 10.3. The Morgan fingerprint density at radius 3 is 3.05 bits per heavy atom. The van der Waals surface area contributed by atoms with Crippen LogP contribution >= 0.6 is 22.7 Å². The van der Waals surface area contributed by atoms with Crippen LogP contribution in [0.2, 0.25) is 0 Å². The Hall–Kier alpha value is -1.29. The zero-order valence-corrected chi connectivity index (χ0v) is 12.1. The van der Waals surface area contributed by atoms with Crippen molar-refractivity contribution in [2.45, 2.75) is 10.6 Å². The van der Waals surface area contributed by atoms with Crippen LogP contribution in [0.15, 0.2) is 33.4 Å². The lowest BCUT2D eigenvalue weighted by Gasteiger charge is -2.03. The minimum atomic E-state index is -3.38. The highest BCUT2D eigenvalue weighted by Crippen LogP contribution is 2.16. The van der Waals surface area contributed by atoms with Gasteiger partial charge >= 0.3 is 0 Å². The summed E-state index contributed by atoms with van der Waals surface area (Å²) >= 11 is 2.70. The van der Waals surface area contributed by atoms with Crippen molar-refractivity contribution in [3.05, 3.63) is 34.9 Å². The summed E-state index contributed by atoms with van der Waals surface area (Å²) in [4.78, 5) is 0.816. The Morgan fingerprint density at radius 2 is 2.26 bits per heavy atom. The average molecular weight is 314 g/mol. The molecule has 0 aliphatic carbocycles. The van der Waals surface area contributed by atoms with Gasteiger partial charge < -0.3 is 0 Å². The van der Waals surface area contributed by atoms with E-state index in [0.29, 0.717) is 17.2 Å². The minimum Gasteiger partial charge on any atom is -0.276 e. The van der Waals surface area contributed by atoms with E-state index in [-0.39, 0.29) is 0 Å². The molecule has 0 radical (unpaired) electrons. The Kier molecular flexibility index (Phi) is 3.35. The number of sulfonamides is 1. The predicted octanol–water partition coefficient (Wildman–Crippen LogP) is 1.37. The second kappa shape index (κ2) is 5.00. The second-order valence-corrected chi connectivity index (χ2v) is 7.57. The van der Waals surface area contributed by atoms with Crippen LogP contribution in [0, 0.1) is 0 Å². The number of hydrogen-bond donors (Lipinski definition) is 1. The van der Waals surface area contributed by atoms with E-state index < -0.39 is 10.0 Å². The fraction of sp³-hybridized carbons (Fsp3) is 0.200. The number of thiazole rings is 1. The summed E-state index contributed by atoms with van der Waals surface area (Å²) in [5.41, 5.74) is 0.999. The first-order valence-corrected chi connectivity index (χ1v) is 8.70. The van der Waals surface area contributed by atoms with Crippen molar-refractivity contribution in [2.75, 3.05) is 6.54 Å². The standard InChI is InChI=1S/C10H10N4O2S3/c15-19(16,9-2-1-5-17-9)12-4-3-8-6-18-10-13-11-7-14(8)10/h1-2,5-7,12H,3-4H2. The molecule has 0 aromatic carbocycles. The molecule has 0 aliphatic heterocycles. The maximum Gasteiger partial charge on any atom is 0.250 e. The quantitative estimate of drug-likeness (QED) is 0.772. The van der Waals surface area contributed by atoms with Gasteiger partial charge in [-0.2, -0.15) is 0 Å². The molecular formula is C10H10N4O2S3. The van der Waals surface area contributed by atoms with Gasteiger partial charge in [0.15, 0.2) is 0 Å². The highest BCUT2D eigenvalue weighted by molar-refractivity contribution is 7.91. The third-order valence-corrected chi connectivity index (χ3v) is 6.30. The van der Waals surface area contributed by atoms with Crippen LogP contribution in [-0.4, -0.2) is 29.6 Å². The number of aromatic nitrogens is 3. The van der Waals surface area contributed by atoms with Gasteiger partial charge in [0.05, 0.1) is 0 Å². The molecule has 0 spiro atoms. The first kappa shape index (κ1) is 12.7. The highest BCUT2D eigenvalue weighted by atomic mass is 32.2. The van der Waals surface area contributed by atoms with E-state index in [1.54, 1.807) is 23.8 Å². The molecule has 100 valence electrons. The largest absolute Gasteiger partial charge is 0.276 e. The molecule has 3 rings (SSSR count). The molecule has 0 unspecified atom stereocenters. The SMILES string of the molecule is O=S(=O)(NCCc1csc2nncn12)c1cccs1. The van der Waals surface area contributed by atoms with Crippen LogP contribution in [-0.2, 0) is 16.4 Å². The number of hydrogen-bond acceptors (Lipinski definition) is 6. The predicted molar refractivity (Wildman–Crippen MR) is 74.1 cm³/mol. The Bertz CT molecular complexity index is 773. The topological polar surface area (TPSA) is 76.4 Å². The Balaban J connectivity index is 1.67. The molecule has 0 aliphatic rings. The van der Waals surface area contributed by atoms with Crippen molar-refractivity contribution in [2.24, 2.45) is 0 Å². The smallest absolute Gasteiger partial charge is 0.250 e. The van der Waals surface area contributed by atoms with Gasteiger partial charge in [-0.15, -0.1) is 32.9 Å². The molecule has 3 heterocycles. The number of fused-ring (bicyclic) bond motifs is 1. The van der Waals surface area contributed by atoms with Gasteiger partial charge in [0, 0.05) is 24.0 Å². The van der Waals surface area contributed by atoms with E-state index >= 15 is 0 Å². The van der Waals surface area contributed by atoms with Gasteiger partial charge in [0.25, 0.3) is 0 Å². The molecule has 3 aromatic rings. The summed E-state index contributed by atoms with van der Waals surface area (Å²) in [5.74, 6) is 0. The van der Waals surface area contributed by atoms with Gasteiger partial charge in [-0.25, -0.2) is 13.1 Å². The molecule has 0 saturated carbocycles. The molecule has 0 fully saturated rings. The van der Waals surface area contributed by atoms with Crippen molar-refractivity contribution in [1.29, 1.82) is 0 Å². The normalized spacial score (nSPS) is 12.2. The third kappa shape index (κ3) is 2.54. The third-order valence-electron chi connectivity index (χ3n) is 2.56. The summed E-state index contributed by atoms with van der Waals surface area (Å²) in [6.45, 7) is 0.351. The molecule has 3 aromatic heterocycles. The van der Waals surface area contributed by atoms with E-state index in [1.807, 2.05) is 9.78 Å². The van der Waals surface area contributed by atoms with Crippen molar-refractivity contribution in [1.82, 2.24) is 19.3 Å². The summed E-state index contributed by atoms with van der Waals surface area (Å²) in [6, 6.07) is 3.31. The summed E-state index contributed by atoms with van der Waals surface area (Å²) in [5, 5.41) is 11.4. The molecular weight excluding hydrogens is 304 g/mol. The fourth-order valence-corrected chi connectivity index (χ4v) is 4.57. The van der Waals surface area contributed by atoms with Crippen LogP contribution in [0.25, 0.3) is 4.96 Å². The lowest BCUT2D eigenvalue weighted by molar-refractivity contribution is 0.583. The number of thiophene rings is 1. The maximum absolute atomic E-state index is 11.9. The van der Waals surface area contributed by atoms with Gasteiger partial charge in [-0.3, -0.25) is 4.40 Å². The molecule has 0 bridgehead atoms. The Labute approximate surface area is 117 Å². The van der Waals surface area contributed by atoms with E-state index in [0.717, 1.165) is 10.7 Å². The van der Waals surface area contributed by atoms with Crippen LogP contribution in [0.3, 0.4) is 0 Å². The van der Waals surface area contributed by atoms with E-state index in [9.17, 15) is 8.42 Å². The van der Waals surface area contributed by atoms with Crippen LogP contribution in [0.5, 0.6) is 0 Å². The lowest BCUT2D eigenvalue weighted by Crippen LogP contribution is -2.25. The van der Waals surface area contributed by atoms with Gasteiger partial charge in [0.1, 0.15) is 10.5 Å². The first-order chi connectivity index (χ1) is 9.17. The number of rotatable bonds is 5. The number of nitrogens with one attached hydrogen (secondary N) is 1. The van der Waals surface area contributed by atoms with Gasteiger partial charge in [0.2, 0.25) is 15.0 Å². The van der Waals surface area contributed by atoms with Crippen LogP contribution in [0.4, 0.5) is 0 Å². The average Bonchev–Trinajstić information content (AvgIpc) is 3.07. The van der Waals surface area contributed by atoms with E-state index in [4.69, 9.17) is 0 Å². The maximum atomic E-state index is 11.9. The highest BCUT2D eigenvalue weighted by Gasteiger charge is 2.14. The van der Waals surface area contributed by atoms with Crippen molar-refractivity contribution in [3.8, 4) is 0 Å². The number of nitrogens with zero attached hydrogens (tertiary/aromatic N) is 3. The molecule has 0 saturated heterocycles. The monoisotopic (exact) mass is 314 g/mol. The fourth-order valence-electron chi connectivity index (χ4n) is 1.66. The van der Waals surface area contributed by atoms with E-state index in [2.05, 4.69) is 14.9 Å². The second-order valence-electron chi connectivity index (χ2n) is 3.79. The molecule has 0 atom stereocenters. The zero-order valence-electron chi connectivity index (χ0n) is 9.68. The summed E-state index contributed by atoms with van der Waals surface area (Å²) < 4.78 is 28.6. The van der Waals surface area contributed by atoms with Crippen molar-refractivity contribution in [3.63, 3.8) is 0 Å². The molecule has 0 amide bonds. The van der Waals surface area contributed by atoms with Crippen LogP contribution < -0.4 is 4.72 Å². The molecule has 19 heavy (non-hydrogen) atoms. The van der Waals surface area contributed by atoms with Crippen molar-refractivity contribution < 1.29 is 8.42 Å². The van der Waals surface area contributed by atoms with Gasteiger partial charge in [-0.05, 0) is 11.4 Å². The zero-order chi connectivity index (χ0) is 13.3. The summed E-state index contributed by atoms with van der Waals surface area (Å²) in [6.07, 6.45) is 2.23.